The van der Waals surface area contributed by atoms with Crippen LogP contribution in [0.3, 0.4) is 0 Å². The van der Waals surface area contributed by atoms with Crippen molar-refractivity contribution in [1.82, 2.24) is 70.7 Å². The van der Waals surface area contributed by atoms with Crippen molar-refractivity contribution in [2.45, 2.75) is 192 Å². The minimum absolute atomic E-state index is 0.0769. The molecule has 0 bridgehead atoms. The number of hydrogen-bond acceptors (Lipinski definition) is 15. The molecule has 0 aromatic heterocycles. The van der Waals surface area contributed by atoms with Gasteiger partial charge in [-0.05, 0) is 96.8 Å². The Morgan fingerprint density at radius 1 is 0.524 bits per heavy atom. The Balaban J connectivity index is 1.60. The normalized spacial score (nSPS) is 24.9. The summed E-state index contributed by atoms with van der Waals surface area (Å²) in [5, 5.41) is 24.4. The predicted octanol–water partition coefficient (Wildman–Crippen LogP) is 0.348. The second-order valence-electron chi connectivity index (χ2n) is 27.8. The molecule has 3 aromatic rings. The van der Waals surface area contributed by atoms with E-state index in [0.29, 0.717) is 29.8 Å². The zero-order valence-electron chi connectivity index (χ0n) is 62.7. The summed E-state index contributed by atoms with van der Waals surface area (Å²) in [6.07, 6.45) is -0.129. The Bertz CT molecular complexity index is 3490. The molecule has 29 nitrogen and oxygen atoms in total. The van der Waals surface area contributed by atoms with Crippen molar-refractivity contribution in [1.29, 1.82) is 0 Å². The van der Waals surface area contributed by atoms with Crippen LogP contribution in [0.15, 0.2) is 91.0 Å². The van der Waals surface area contributed by atoms with Crippen molar-refractivity contribution in [3.05, 3.63) is 108 Å². The van der Waals surface area contributed by atoms with E-state index in [2.05, 4.69) is 26.6 Å². The Morgan fingerprint density at radius 3 is 1.53 bits per heavy atom. The second kappa shape index (κ2) is 38.5. The molecule has 564 valence electrons. The molecule has 0 spiro atoms. The number of piperidine rings is 1. The fourth-order valence-electron chi connectivity index (χ4n) is 12.3. The molecule has 2 heterocycles. The number of likely N-dealkylation sites (N-methyl/N-ethyl adjacent to an activating group) is 8. The average Bonchev–Trinajstić information content (AvgIpc) is 0.826. The Hall–Kier alpha value is -9.80. The van der Waals surface area contributed by atoms with Gasteiger partial charge in [0.05, 0.1) is 19.1 Å². The number of rotatable bonds is 14. The topological polar surface area (TPSA) is 349 Å². The van der Waals surface area contributed by atoms with Crippen molar-refractivity contribution < 1.29 is 72.2 Å². The van der Waals surface area contributed by atoms with Crippen LogP contribution in [-0.2, 0) is 86.4 Å². The monoisotopic (exact) mass is 1430 g/mol. The highest BCUT2D eigenvalue weighted by Crippen LogP contribution is 2.21. The van der Waals surface area contributed by atoms with Gasteiger partial charge in [-0.15, -0.1) is 0 Å². The first-order chi connectivity index (χ1) is 48.4. The molecule has 103 heavy (non-hydrogen) atoms. The third kappa shape index (κ3) is 22.6. The first-order valence-electron chi connectivity index (χ1n) is 35.1. The summed E-state index contributed by atoms with van der Waals surface area (Å²) in [5.41, 5.74) is 1.81. The van der Waals surface area contributed by atoms with Crippen LogP contribution in [0.1, 0.15) is 111 Å². The summed E-state index contributed by atoms with van der Waals surface area (Å²) in [6.45, 7) is 13.5. The number of aliphatic hydroxyl groups is 1. The first kappa shape index (κ1) is 83.9. The molecule has 5 rings (SSSR count). The second-order valence-corrected chi connectivity index (χ2v) is 27.8. The van der Waals surface area contributed by atoms with Gasteiger partial charge in [-0.1, -0.05) is 105 Å². The Labute approximate surface area is 605 Å². The van der Waals surface area contributed by atoms with Gasteiger partial charge in [0, 0.05) is 88.7 Å². The number of carbonyl (C=O) groups is 14. The smallest absolute Gasteiger partial charge is 0.248 e. The number of aliphatic hydroxyl groups excluding tert-OH is 1. The standard InChI is InChI=1S/C74H108N14O15/c1-44(2)38-58-73(102)83(13)48(6)65(94)79-62(51(9)89)74(103)84(14)50(8)69(98)86(16)59(41-54-34-26-20-27-35-54)72(101)80(10)43-60(90)77-56(71(100)85(15)57(40-53-32-24-19-25-33-53)66(95)76-46(4)67(96)88-36-28-21-29-37-88)42-61(91)81(11)49(7)68(97)82(12)47(5)64(93)75-45(3)63(92)78-55(70(99)87(58)17)39-52-30-22-18-23-31-52/h18-20,22-27,30-35,44-51,55-59,62,89H,21,28-29,36-43H2,1-17H3,(H,75,93)(H,76,95)(H,77,90)(H,78,92)(H,79,94)/t45-,46-,47-,48-,49?,50-,51+,55-,56-,57-,58-,59-,62-/m0/s1. The van der Waals surface area contributed by atoms with Gasteiger partial charge in [0.2, 0.25) is 82.7 Å². The number of benzene rings is 3. The zero-order chi connectivity index (χ0) is 77.0. The van der Waals surface area contributed by atoms with Crippen LogP contribution in [0.2, 0.25) is 0 Å². The minimum Gasteiger partial charge on any atom is -0.391 e. The van der Waals surface area contributed by atoms with E-state index in [4.69, 9.17) is 0 Å². The van der Waals surface area contributed by atoms with Gasteiger partial charge in [0.1, 0.15) is 72.5 Å². The largest absolute Gasteiger partial charge is 0.391 e. The molecule has 29 heteroatoms. The highest BCUT2D eigenvalue weighted by Gasteiger charge is 2.43. The van der Waals surface area contributed by atoms with Crippen LogP contribution in [0, 0.1) is 5.92 Å². The number of nitrogens with zero attached hydrogens (tertiary/aromatic N) is 9. The summed E-state index contributed by atoms with van der Waals surface area (Å²) < 4.78 is 0. The summed E-state index contributed by atoms with van der Waals surface area (Å²) in [5.74, 6) is -11.4. The molecule has 0 saturated carbocycles. The number of hydrogen-bond donors (Lipinski definition) is 6. The third-order valence-corrected chi connectivity index (χ3v) is 19.7. The molecule has 3 aromatic carbocycles. The molecular formula is C74H108N14O15. The van der Waals surface area contributed by atoms with E-state index < -0.39 is 168 Å². The van der Waals surface area contributed by atoms with Crippen molar-refractivity contribution in [3.8, 4) is 0 Å². The van der Waals surface area contributed by atoms with Crippen molar-refractivity contribution in [2.75, 3.05) is 76.0 Å². The van der Waals surface area contributed by atoms with Gasteiger partial charge in [0.25, 0.3) is 0 Å². The van der Waals surface area contributed by atoms with Gasteiger partial charge >= 0.3 is 0 Å². The summed E-state index contributed by atoms with van der Waals surface area (Å²) >= 11 is 0. The average molecular weight is 1430 g/mol. The van der Waals surface area contributed by atoms with Crippen molar-refractivity contribution >= 4 is 82.7 Å². The van der Waals surface area contributed by atoms with E-state index in [1.54, 1.807) is 95.9 Å². The number of nitrogens with one attached hydrogen (secondary N) is 5. The fraction of sp³-hybridized carbons (Fsp3) is 0.568. The maximum atomic E-state index is 15.3. The highest BCUT2D eigenvalue weighted by atomic mass is 16.3. The molecule has 0 aliphatic carbocycles. The van der Waals surface area contributed by atoms with Gasteiger partial charge in [0.15, 0.2) is 0 Å². The molecular weight excluding hydrogens is 1320 g/mol. The lowest BCUT2D eigenvalue weighted by molar-refractivity contribution is -0.152. The number of likely N-dealkylation sites (tertiary alicyclic amines) is 1. The number of amides is 14. The summed E-state index contributed by atoms with van der Waals surface area (Å²) in [6, 6.07) is 9.31. The van der Waals surface area contributed by atoms with Crippen LogP contribution in [-0.4, -0.2) is 287 Å². The molecule has 2 aliphatic rings. The molecule has 0 radical (unpaired) electrons. The van der Waals surface area contributed by atoms with E-state index in [1.807, 2.05) is 13.8 Å². The molecule has 1 unspecified atom stereocenters. The maximum Gasteiger partial charge on any atom is 0.248 e. The molecule has 13 atom stereocenters. The first-order valence-corrected chi connectivity index (χ1v) is 35.1. The molecule has 6 N–H and O–H groups in total. The van der Waals surface area contributed by atoms with E-state index in [9.17, 15) is 67.4 Å². The van der Waals surface area contributed by atoms with E-state index in [0.717, 1.165) is 53.6 Å². The van der Waals surface area contributed by atoms with Gasteiger partial charge in [-0.2, -0.15) is 0 Å². The van der Waals surface area contributed by atoms with E-state index >= 15 is 4.79 Å². The lowest BCUT2D eigenvalue weighted by Gasteiger charge is -2.37. The molecule has 14 amide bonds. The van der Waals surface area contributed by atoms with E-state index in [1.165, 1.54) is 110 Å². The SMILES string of the molecule is CC(C)C[C@H]1C(=O)N(C)[C@@H](C)C(=O)N[C@@H]([C@@H](C)O)C(=O)N(C)[C@@H](C)C(=O)N(C)[C@@H](Cc2ccccc2)C(=O)N(C)CC(=O)N[C@H](C(=O)N(C)[C@@H](Cc2ccccc2)C(=O)N[C@@H](C)C(=O)N2CCCCC2)CC(=O)N(C)C(C)C(=O)N(C)[C@@H](C)C(=O)N[C@@H](C)C(=O)N[C@@H](Cc2ccccc2)C(=O)N1C. The van der Waals surface area contributed by atoms with Crippen LogP contribution < -0.4 is 26.6 Å². The quantitative estimate of drug-likeness (QED) is 0.127. The minimum atomic E-state index is -1.82. The lowest BCUT2D eigenvalue weighted by Crippen LogP contribution is -2.62. The third-order valence-electron chi connectivity index (χ3n) is 19.7. The maximum absolute atomic E-state index is 15.3. The fourth-order valence-corrected chi connectivity index (χ4v) is 12.3. The van der Waals surface area contributed by atoms with Gasteiger partial charge in [-0.3, -0.25) is 67.1 Å². The summed E-state index contributed by atoms with van der Waals surface area (Å²) in [7, 11) is 10.4. The van der Waals surface area contributed by atoms with Crippen LogP contribution in [0.25, 0.3) is 0 Å². The van der Waals surface area contributed by atoms with Gasteiger partial charge in [-0.25, -0.2) is 0 Å². The predicted molar refractivity (Wildman–Crippen MR) is 384 cm³/mol. The van der Waals surface area contributed by atoms with E-state index in [-0.39, 0.29) is 37.5 Å². The molecule has 2 fully saturated rings. The molecule has 2 saturated heterocycles. The lowest BCUT2D eigenvalue weighted by atomic mass is 9.98. The Kier molecular flexibility index (Phi) is 31.3. The van der Waals surface area contributed by atoms with Crippen molar-refractivity contribution in [2.24, 2.45) is 5.92 Å². The highest BCUT2D eigenvalue weighted by molar-refractivity contribution is 6.01. The van der Waals surface area contributed by atoms with Crippen LogP contribution in [0.5, 0.6) is 0 Å². The van der Waals surface area contributed by atoms with Crippen LogP contribution in [0.4, 0.5) is 0 Å². The summed E-state index contributed by atoms with van der Waals surface area (Å²) in [4.78, 5) is 214. The van der Waals surface area contributed by atoms with Gasteiger partial charge < -0.3 is 75.8 Å². The van der Waals surface area contributed by atoms with Crippen molar-refractivity contribution in [3.63, 3.8) is 0 Å². The number of carbonyl (C=O) groups excluding carboxylic acids is 14. The zero-order valence-corrected chi connectivity index (χ0v) is 62.7. The van der Waals surface area contributed by atoms with Crippen LogP contribution >= 0.6 is 0 Å². The molecule has 2 aliphatic heterocycles. The Morgan fingerprint density at radius 2 is 1.00 bits per heavy atom.